The van der Waals surface area contributed by atoms with Crippen molar-refractivity contribution in [2.24, 2.45) is 11.8 Å². The van der Waals surface area contributed by atoms with Gasteiger partial charge in [-0.1, -0.05) is 30.3 Å². The van der Waals surface area contributed by atoms with Gasteiger partial charge in [0.1, 0.15) is 0 Å². The van der Waals surface area contributed by atoms with Crippen LogP contribution in [0.3, 0.4) is 0 Å². The maximum atomic E-state index is 12.6. The van der Waals surface area contributed by atoms with Gasteiger partial charge in [0.05, 0.1) is 0 Å². The van der Waals surface area contributed by atoms with Crippen LogP contribution in [0.5, 0.6) is 0 Å². The maximum Gasteiger partial charge on any atom is 0.317 e. The lowest BCUT2D eigenvalue weighted by molar-refractivity contribution is -0.145. The number of urea groups is 1. The first kappa shape index (κ1) is 19.9. The number of rotatable bonds is 3. The molecule has 4 fully saturated rings. The molecule has 0 aliphatic carbocycles. The van der Waals surface area contributed by atoms with Crippen LogP contribution in [0.15, 0.2) is 30.3 Å². The van der Waals surface area contributed by atoms with E-state index in [0.717, 1.165) is 64.0 Å². The Bertz CT molecular complexity index is 762. The minimum atomic E-state index is 0.0594. The number of piperidine rings is 4. The molecule has 0 aromatic heterocycles. The summed E-state index contributed by atoms with van der Waals surface area (Å²) in [5.41, 5.74) is 1.14. The van der Waals surface area contributed by atoms with E-state index in [0.29, 0.717) is 36.4 Å². The van der Waals surface area contributed by atoms with Crippen molar-refractivity contribution in [1.29, 1.82) is 0 Å². The fourth-order valence-corrected chi connectivity index (χ4v) is 6.27. The molecule has 4 aliphatic rings. The highest BCUT2D eigenvalue weighted by atomic mass is 16.2. The van der Waals surface area contributed by atoms with Gasteiger partial charge in [0, 0.05) is 57.8 Å². The van der Waals surface area contributed by atoms with Crippen molar-refractivity contribution >= 4 is 11.9 Å². The van der Waals surface area contributed by atoms with E-state index in [1.165, 1.54) is 12.8 Å². The van der Waals surface area contributed by atoms with Gasteiger partial charge in [-0.3, -0.25) is 9.69 Å². The van der Waals surface area contributed by atoms with E-state index in [9.17, 15) is 9.59 Å². The molecule has 162 valence electrons. The summed E-state index contributed by atoms with van der Waals surface area (Å²) in [6, 6.07) is 11.2. The lowest BCUT2D eigenvalue weighted by Gasteiger charge is -2.54. The van der Waals surface area contributed by atoms with Gasteiger partial charge in [-0.2, -0.15) is 0 Å². The van der Waals surface area contributed by atoms with Crippen molar-refractivity contribution in [2.45, 2.75) is 57.2 Å². The van der Waals surface area contributed by atoms with Crippen molar-refractivity contribution in [2.75, 3.05) is 32.7 Å². The molecule has 0 saturated carbocycles. The number of nitrogens with zero attached hydrogens (tertiary/aromatic N) is 3. The molecule has 1 N–H and O–H groups in total. The predicted octanol–water partition coefficient (Wildman–Crippen LogP) is 2.69. The molecule has 3 atom stereocenters. The van der Waals surface area contributed by atoms with Crippen LogP contribution in [0.2, 0.25) is 0 Å². The van der Waals surface area contributed by atoms with E-state index in [-0.39, 0.29) is 6.03 Å². The Morgan fingerprint density at radius 3 is 2.63 bits per heavy atom. The second kappa shape index (κ2) is 8.58. The number of nitrogens with one attached hydrogen (secondary N) is 1. The molecule has 3 amide bonds. The van der Waals surface area contributed by atoms with E-state index < -0.39 is 0 Å². The predicted molar refractivity (Wildman–Crippen MR) is 116 cm³/mol. The second-order valence-electron chi connectivity index (χ2n) is 9.68. The number of likely N-dealkylation sites (tertiary alicyclic amines) is 2. The summed E-state index contributed by atoms with van der Waals surface area (Å²) < 4.78 is 0. The largest absolute Gasteiger partial charge is 0.339 e. The summed E-state index contributed by atoms with van der Waals surface area (Å²) in [6.45, 7) is 5.49. The average molecular weight is 411 g/mol. The molecule has 4 saturated heterocycles. The summed E-state index contributed by atoms with van der Waals surface area (Å²) >= 11 is 0. The summed E-state index contributed by atoms with van der Waals surface area (Å²) in [6.07, 6.45) is 6.43. The van der Waals surface area contributed by atoms with E-state index in [4.69, 9.17) is 0 Å². The van der Waals surface area contributed by atoms with Gasteiger partial charge in [-0.05, 0) is 49.5 Å². The molecule has 4 aliphatic heterocycles. The highest BCUT2D eigenvalue weighted by molar-refractivity contribution is 5.77. The van der Waals surface area contributed by atoms with Gasteiger partial charge in [0.25, 0.3) is 0 Å². The Balaban J connectivity index is 1.12. The number of carbonyl (C=O) groups excluding carboxylic acids is 2. The van der Waals surface area contributed by atoms with Crippen molar-refractivity contribution < 1.29 is 9.59 Å². The molecular weight excluding hydrogens is 376 g/mol. The zero-order valence-electron chi connectivity index (χ0n) is 17.8. The SMILES string of the molecule is O=C(NCc1ccccc1)N1CCC(N2C[C@H]3C[C@H](C2)[C@H]2CCCC(=O)N2C3)CC1. The van der Waals surface area contributed by atoms with Gasteiger partial charge < -0.3 is 15.1 Å². The third kappa shape index (κ3) is 4.07. The number of fused-ring (bicyclic) bond motifs is 4. The highest BCUT2D eigenvalue weighted by Crippen LogP contribution is 2.39. The third-order valence-corrected chi connectivity index (χ3v) is 7.76. The van der Waals surface area contributed by atoms with E-state index in [1.807, 2.05) is 35.2 Å². The van der Waals surface area contributed by atoms with Gasteiger partial charge in [0.2, 0.25) is 5.91 Å². The van der Waals surface area contributed by atoms with Crippen LogP contribution < -0.4 is 5.32 Å². The van der Waals surface area contributed by atoms with Crippen LogP contribution in [0.25, 0.3) is 0 Å². The van der Waals surface area contributed by atoms with Gasteiger partial charge in [-0.25, -0.2) is 4.79 Å². The van der Waals surface area contributed by atoms with Crippen molar-refractivity contribution in [3.05, 3.63) is 35.9 Å². The molecule has 1 aromatic rings. The molecule has 30 heavy (non-hydrogen) atoms. The number of hydrogen-bond donors (Lipinski definition) is 1. The van der Waals surface area contributed by atoms with Gasteiger partial charge >= 0.3 is 6.03 Å². The minimum absolute atomic E-state index is 0.0594. The Labute approximate surface area is 179 Å². The fourth-order valence-electron chi connectivity index (χ4n) is 6.27. The molecule has 4 heterocycles. The molecule has 6 nitrogen and oxygen atoms in total. The third-order valence-electron chi connectivity index (χ3n) is 7.76. The van der Waals surface area contributed by atoms with Crippen LogP contribution in [-0.4, -0.2) is 71.4 Å². The smallest absolute Gasteiger partial charge is 0.317 e. The van der Waals surface area contributed by atoms with E-state index in [1.54, 1.807) is 0 Å². The Kier molecular flexibility index (Phi) is 5.68. The van der Waals surface area contributed by atoms with Gasteiger partial charge in [-0.15, -0.1) is 0 Å². The van der Waals surface area contributed by atoms with Crippen molar-refractivity contribution in [1.82, 2.24) is 20.0 Å². The first-order chi connectivity index (χ1) is 14.7. The monoisotopic (exact) mass is 410 g/mol. The van der Waals surface area contributed by atoms with E-state index >= 15 is 0 Å². The fraction of sp³-hybridized carbons (Fsp3) is 0.667. The van der Waals surface area contributed by atoms with Crippen LogP contribution in [0.1, 0.15) is 44.1 Å². The molecule has 0 unspecified atom stereocenters. The number of carbonyl (C=O) groups is 2. The average Bonchev–Trinajstić information content (AvgIpc) is 2.79. The summed E-state index contributed by atoms with van der Waals surface area (Å²) in [5, 5.41) is 3.07. The molecule has 0 spiro atoms. The Morgan fingerprint density at radius 2 is 1.83 bits per heavy atom. The zero-order chi connectivity index (χ0) is 20.5. The first-order valence-electron chi connectivity index (χ1n) is 11.8. The molecule has 1 aromatic carbocycles. The first-order valence-corrected chi connectivity index (χ1v) is 11.8. The molecule has 5 rings (SSSR count). The minimum Gasteiger partial charge on any atom is -0.339 e. The van der Waals surface area contributed by atoms with Crippen LogP contribution >= 0.6 is 0 Å². The standard InChI is InChI=1S/C24H34N4O2/c29-23-8-4-7-22-20-13-19(16-28(22)23)15-27(17-20)21-9-11-26(12-10-21)24(30)25-14-18-5-2-1-3-6-18/h1-3,5-6,19-22H,4,7-17H2,(H,25,30)/t19-,20-,22-/m1/s1. The van der Waals surface area contributed by atoms with E-state index in [2.05, 4.69) is 15.1 Å². The zero-order valence-corrected chi connectivity index (χ0v) is 17.8. The normalized spacial score (nSPS) is 30.1. The molecule has 0 radical (unpaired) electrons. The number of amides is 3. The Hall–Kier alpha value is -2.08. The van der Waals surface area contributed by atoms with Crippen molar-refractivity contribution in [3.8, 4) is 0 Å². The van der Waals surface area contributed by atoms with Gasteiger partial charge in [0.15, 0.2) is 0 Å². The maximum absolute atomic E-state index is 12.6. The van der Waals surface area contributed by atoms with Crippen LogP contribution in [0.4, 0.5) is 4.79 Å². The lowest BCUT2D eigenvalue weighted by Crippen LogP contribution is -2.62. The van der Waals surface area contributed by atoms with Crippen molar-refractivity contribution in [3.63, 3.8) is 0 Å². The lowest BCUT2D eigenvalue weighted by atomic mass is 9.75. The number of hydrogen-bond acceptors (Lipinski definition) is 3. The number of benzene rings is 1. The summed E-state index contributed by atoms with van der Waals surface area (Å²) in [4.78, 5) is 31.8. The molecule has 6 heteroatoms. The highest BCUT2D eigenvalue weighted by Gasteiger charge is 2.45. The second-order valence-corrected chi connectivity index (χ2v) is 9.68. The molecule has 2 bridgehead atoms. The summed E-state index contributed by atoms with van der Waals surface area (Å²) in [7, 11) is 0. The topological polar surface area (TPSA) is 55.9 Å². The van der Waals surface area contributed by atoms with Crippen LogP contribution in [0, 0.1) is 11.8 Å². The Morgan fingerprint density at radius 1 is 1.03 bits per heavy atom. The quantitative estimate of drug-likeness (QED) is 0.834. The molecular formula is C24H34N4O2. The summed E-state index contributed by atoms with van der Waals surface area (Å²) in [5.74, 6) is 1.67. The van der Waals surface area contributed by atoms with Crippen LogP contribution in [-0.2, 0) is 11.3 Å².